The molecule has 1 aromatic heterocycles. The number of benzene rings is 1. The van der Waals surface area contributed by atoms with Crippen LogP contribution in [0.25, 0.3) is 11.0 Å². The van der Waals surface area contributed by atoms with Gasteiger partial charge in [-0.25, -0.2) is 0 Å². The van der Waals surface area contributed by atoms with Crippen molar-refractivity contribution in [3.63, 3.8) is 0 Å². The Hall–Kier alpha value is -1.16. The first-order chi connectivity index (χ1) is 10.2. The van der Waals surface area contributed by atoms with Crippen LogP contribution in [0.2, 0.25) is 0 Å². The van der Waals surface area contributed by atoms with Gasteiger partial charge >= 0.3 is 132 Å². The first-order valence-corrected chi connectivity index (χ1v) is 9.09. The van der Waals surface area contributed by atoms with Gasteiger partial charge in [0.05, 0.1) is 0 Å². The number of nitrogens with zero attached hydrogens (tertiary/aromatic N) is 3. The van der Waals surface area contributed by atoms with Crippen LogP contribution >= 0.6 is 0 Å². The van der Waals surface area contributed by atoms with Crippen molar-refractivity contribution in [3.05, 3.63) is 29.8 Å². The van der Waals surface area contributed by atoms with Gasteiger partial charge in [-0.3, -0.25) is 0 Å². The average Bonchev–Trinajstić information content (AvgIpc) is 2.96. The van der Waals surface area contributed by atoms with Crippen LogP contribution in [0.5, 0.6) is 0 Å². The second kappa shape index (κ2) is 6.73. The molecule has 5 heteroatoms. The molecule has 1 saturated heterocycles. The molecule has 0 saturated carbocycles. The molecule has 21 heavy (non-hydrogen) atoms. The summed E-state index contributed by atoms with van der Waals surface area (Å²) in [5.74, 6) is 0. The fourth-order valence-electron chi connectivity index (χ4n) is 2.71. The Morgan fingerprint density at radius 2 is 2.14 bits per heavy atom. The summed E-state index contributed by atoms with van der Waals surface area (Å²) in [7, 11) is 0. The molecule has 1 aliphatic rings. The van der Waals surface area contributed by atoms with Crippen molar-refractivity contribution in [2.24, 2.45) is 0 Å². The Balaban J connectivity index is 1.58. The third kappa shape index (κ3) is 3.73. The normalized spacial score (nSPS) is 17.0. The average molecular weight is 349 g/mol. The summed E-state index contributed by atoms with van der Waals surface area (Å²) in [6.45, 7) is 7.76. The summed E-state index contributed by atoms with van der Waals surface area (Å²) in [6, 6.07) is 6.82. The zero-order chi connectivity index (χ0) is 14.7. The van der Waals surface area contributed by atoms with Crippen molar-refractivity contribution in [1.82, 2.24) is 12.9 Å². The van der Waals surface area contributed by atoms with Gasteiger partial charge in [-0.15, -0.1) is 0 Å². The molecule has 0 aliphatic carbocycles. The number of allylic oxidation sites excluding steroid dienone is 1. The van der Waals surface area contributed by atoms with E-state index >= 15 is 0 Å². The maximum absolute atomic E-state index is 4.54. The van der Waals surface area contributed by atoms with Crippen LogP contribution in [0, 0.1) is 0 Å². The van der Waals surface area contributed by atoms with Gasteiger partial charge < -0.3 is 0 Å². The molecule has 0 unspecified atom stereocenters. The molecule has 2 aromatic rings. The number of hydrogen-bond acceptors (Lipinski definition) is 4. The van der Waals surface area contributed by atoms with Crippen LogP contribution < -0.4 is 5.32 Å². The van der Waals surface area contributed by atoms with Crippen LogP contribution in [0.4, 0.5) is 5.69 Å². The predicted molar refractivity (Wildman–Crippen MR) is 89.0 cm³/mol. The maximum atomic E-state index is 4.54. The molecule has 0 atom stereocenters. The minimum atomic E-state index is 0.0494. The van der Waals surface area contributed by atoms with E-state index < -0.39 is 0 Å². The van der Waals surface area contributed by atoms with Crippen LogP contribution in [-0.4, -0.2) is 53.5 Å². The summed E-state index contributed by atoms with van der Waals surface area (Å²) in [6.07, 6.45) is 4.71. The Labute approximate surface area is 132 Å². The molecule has 112 valence electrons. The van der Waals surface area contributed by atoms with E-state index in [9.17, 15) is 0 Å². The minimum absolute atomic E-state index is 0.0494. The molecule has 0 radical (unpaired) electrons. The third-order valence-electron chi connectivity index (χ3n) is 3.99. The third-order valence-corrected chi connectivity index (χ3v) is 5.13. The predicted octanol–water partition coefficient (Wildman–Crippen LogP) is 2.53. The van der Waals surface area contributed by atoms with Gasteiger partial charge in [0.15, 0.2) is 0 Å². The van der Waals surface area contributed by atoms with E-state index in [1.165, 1.54) is 37.2 Å². The number of fused-ring (bicyclic) bond motifs is 1. The second-order valence-electron chi connectivity index (χ2n) is 5.94. The van der Waals surface area contributed by atoms with Crippen molar-refractivity contribution in [3.8, 4) is 0 Å². The van der Waals surface area contributed by atoms with Crippen LogP contribution in [0.15, 0.2) is 29.8 Å². The van der Waals surface area contributed by atoms with Gasteiger partial charge in [-0.1, -0.05) is 0 Å². The topological polar surface area (TPSA) is 41.0 Å². The number of rotatable bonds is 4. The van der Waals surface area contributed by atoms with E-state index in [1.54, 1.807) is 0 Å². The van der Waals surface area contributed by atoms with E-state index in [2.05, 4.69) is 56.3 Å². The molecule has 1 aromatic carbocycles. The molecule has 3 rings (SSSR count). The summed E-state index contributed by atoms with van der Waals surface area (Å²) >= 11 is 0.0494. The Morgan fingerprint density at radius 3 is 2.90 bits per heavy atom. The van der Waals surface area contributed by atoms with Gasteiger partial charge in [0.2, 0.25) is 0 Å². The van der Waals surface area contributed by atoms with Crippen molar-refractivity contribution in [1.29, 1.82) is 0 Å². The summed E-state index contributed by atoms with van der Waals surface area (Å²) in [5, 5.41) is 3.68. The van der Waals surface area contributed by atoms with Gasteiger partial charge in [-0.2, -0.15) is 0 Å². The quantitative estimate of drug-likeness (QED) is 0.680. The molecule has 1 aliphatic heterocycles. The summed E-state index contributed by atoms with van der Waals surface area (Å²) < 4.78 is 8.99. The number of piperidine rings is 1. The zero-order valence-electron chi connectivity index (χ0n) is 12.7. The van der Waals surface area contributed by atoms with Gasteiger partial charge in [0.25, 0.3) is 0 Å². The summed E-state index contributed by atoms with van der Waals surface area (Å²) in [4.78, 5) is 2.53. The molecular weight excluding hydrogens is 327 g/mol. The first kappa shape index (κ1) is 14.8. The molecule has 0 bridgehead atoms. The number of likely N-dealkylation sites (tertiary alicyclic amines) is 1. The molecule has 1 fully saturated rings. The molecule has 4 nitrogen and oxygen atoms in total. The molecule has 1 N–H and O–H groups in total. The standard InChI is InChI=1S/C16H22N4Se/c1-12(2)6-9-20-10-7-13(8-11-20)17-14-4-3-5-15-16(14)19-21-18-15/h3-6,13,17H,7-11H2,1-2H3. The van der Waals surface area contributed by atoms with E-state index in [4.69, 9.17) is 0 Å². The van der Waals surface area contributed by atoms with Gasteiger partial charge in [-0.05, 0) is 0 Å². The number of anilines is 1. The van der Waals surface area contributed by atoms with Crippen LogP contribution in [-0.2, 0) is 0 Å². The van der Waals surface area contributed by atoms with Crippen molar-refractivity contribution >= 4 is 31.7 Å². The number of hydrogen-bond donors (Lipinski definition) is 1. The SMILES string of the molecule is CC(C)=CCN1CCC(Nc2cccc3n[se]nc23)CC1. The van der Waals surface area contributed by atoms with Crippen LogP contribution in [0.1, 0.15) is 26.7 Å². The zero-order valence-corrected chi connectivity index (χ0v) is 14.4. The van der Waals surface area contributed by atoms with E-state index in [1.807, 2.05) is 0 Å². The first-order valence-electron chi connectivity index (χ1n) is 7.56. The van der Waals surface area contributed by atoms with E-state index in [0.29, 0.717) is 6.04 Å². The van der Waals surface area contributed by atoms with Crippen LogP contribution in [0.3, 0.4) is 0 Å². The van der Waals surface area contributed by atoms with Crippen molar-refractivity contribution < 1.29 is 0 Å². The fourth-order valence-corrected chi connectivity index (χ4v) is 3.87. The number of nitrogens with one attached hydrogen (secondary N) is 1. The fraction of sp³-hybridized carbons (Fsp3) is 0.500. The van der Waals surface area contributed by atoms with Gasteiger partial charge in [0.1, 0.15) is 0 Å². The summed E-state index contributed by atoms with van der Waals surface area (Å²) in [5.41, 5.74) is 4.70. The Morgan fingerprint density at radius 1 is 1.33 bits per heavy atom. The Kier molecular flexibility index (Phi) is 4.73. The molecule has 0 spiro atoms. The van der Waals surface area contributed by atoms with Gasteiger partial charge in [0, 0.05) is 0 Å². The van der Waals surface area contributed by atoms with Crippen molar-refractivity contribution in [2.45, 2.75) is 32.7 Å². The van der Waals surface area contributed by atoms with E-state index in [-0.39, 0.29) is 15.0 Å². The van der Waals surface area contributed by atoms with Crippen molar-refractivity contribution in [2.75, 3.05) is 25.0 Å². The number of aromatic nitrogens is 2. The van der Waals surface area contributed by atoms with E-state index in [0.717, 1.165) is 17.6 Å². The Bertz CT molecular complexity index is 622. The monoisotopic (exact) mass is 350 g/mol. The second-order valence-corrected chi connectivity index (χ2v) is 7.05. The molecule has 0 amide bonds. The molecular formula is C16H22N4Se. The molecule has 2 heterocycles.